The molecule has 3 atom stereocenters. The third-order valence-corrected chi connectivity index (χ3v) is 4.95. The van der Waals surface area contributed by atoms with Crippen molar-refractivity contribution in [3.05, 3.63) is 41.7 Å². The summed E-state index contributed by atoms with van der Waals surface area (Å²) in [5, 5.41) is 5.01. The Kier molecular flexibility index (Phi) is 3.51. The Bertz CT molecular complexity index is 796. The summed E-state index contributed by atoms with van der Waals surface area (Å²) in [4.78, 5) is 19.3. The Balaban J connectivity index is 1.56. The van der Waals surface area contributed by atoms with Gasteiger partial charge in [0.1, 0.15) is 5.69 Å². The van der Waals surface area contributed by atoms with Crippen molar-refractivity contribution in [2.45, 2.75) is 18.9 Å². The fourth-order valence-electron chi connectivity index (χ4n) is 3.84. The lowest BCUT2D eigenvalue weighted by molar-refractivity contribution is 0.0904. The van der Waals surface area contributed by atoms with Gasteiger partial charge >= 0.3 is 0 Å². The second-order valence-electron chi connectivity index (χ2n) is 6.56. The molecule has 1 amide bonds. The van der Waals surface area contributed by atoms with Gasteiger partial charge in [0.05, 0.1) is 0 Å². The van der Waals surface area contributed by atoms with Crippen molar-refractivity contribution >= 4 is 16.7 Å². The molecule has 2 fully saturated rings. The van der Waals surface area contributed by atoms with Gasteiger partial charge in [0, 0.05) is 41.7 Å². The Morgan fingerprint density at radius 1 is 1.39 bits per heavy atom. The van der Waals surface area contributed by atoms with Crippen molar-refractivity contribution < 1.29 is 4.79 Å². The third kappa shape index (κ3) is 2.69. The standard InChI is InChI=1S/C19H19N3O/c1-2-14-4-3-5-15-10-20-18(9-17(14)15)19(23)21-16-8-13-6-7-22(11-13)12-16/h1,3-5,9-10,13,16H,6-8,11-12H2,(H,21,23)/t13-,16+/m0/s1. The number of nitrogens with one attached hydrogen (secondary N) is 1. The van der Waals surface area contributed by atoms with Crippen LogP contribution >= 0.6 is 0 Å². The van der Waals surface area contributed by atoms with Crippen LogP contribution in [0.3, 0.4) is 0 Å². The highest BCUT2D eigenvalue weighted by Crippen LogP contribution is 2.27. The summed E-state index contributed by atoms with van der Waals surface area (Å²) in [6.07, 6.45) is 9.60. The molecule has 1 aromatic carbocycles. The number of amides is 1. The molecule has 2 aliphatic rings. The number of hydrogen-bond acceptors (Lipinski definition) is 3. The number of nitrogens with zero attached hydrogens (tertiary/aromatic N) is 2. The molecule has 0 aliphatic carbocycles. The minimum Gasteiger partial charge on any atom is -0.347 e. The monoisotopic (exact) mass is 305 g/mol. The van der Waals surface area contributed by atoms with Gasteiger partial charge in [-0.05, 0) is 37.4 Å². The molecule has 4 rings (SSSR count). The highest BCUT2D eigenvalue weighted by Gasteiger charge is 2.33. The molecule has 2 saturated heterocycles. The van der Waals surface area contributed by atoms with E-state index < -0.39 is 0 Å². The Morgan fingerprint density at radius 3 is 3.13 bits per heavy atom. The third-order valence-electron chi connectivity index (χ3n) is 4.95. The predicted octanol–water partition coefficient (Wildman–Crippen LogP) is 2.04. The number of terminal acetylenes is 1. The second kappa shape index (κ2) is 5.68. The van der Waals surface area contributed by atoms with E-state index in [1.165, 1.54) is 13.0 Å². The number of carbonyl (C=O) groups excluding carboxylic acids is 1. The van der Waals surface area contributed by atoms with Crippen molar-refractivity contribution in [2.24, 2.45) is 5.92 Å². The first-order valence-corrected chi connectivity index (χ1v) is 8.11. The van der Waals surface area contributed by atoms with Gasteiger partial charge in [-0.15, -0.1) is 6.42 Å². The molecule has 4 nitrogen and oxygen atoms in total. The van der Waals surface area contributed by atoms with Crippen LogP contribution in [-0.4, -0.2) is 41.5 Å². The van der Waals surface area contributed by atoms with Crippen LogP contribution in [0.1, 0.15) is 28.9 Å². The molecule has 2 aliphatic heterocycles. The summed E-state index contributed by atoms with van der Waals surface area (Å²) in [6, 6.07) is 7.78. The van der Waals surface area contributed by atoms with E-state index in [1.54, 1.807) is 12.3 Å². The largest absolute Gasteiger partial charge is 0.347 e. The number of piperidine rings is 1. The fraction of sp³-hybridized carbons (Fsp3) is 0.368. The summed E-state index contributed by atoms with van der Waals surface area (Å²) >= 11 is 0. The van der Waals surface area contributed by atoms with E-state index in [2.05, 4.69) is 21.1 Å². The molecule has 0 spiro atoms. The number of pyridine rings is 1. The van der Waals surface area contributed by atoms with Crippen LogP contribution in [0.25, 0.3) is 10.8 Å². The number of aromatic nitrogens is 1. The Labute approximate surface area is 135 Å². The molecule has 1 unspecified atom stereocenters. The van der Waals surface area contributed by atoms with Crippen LogP contribution in [0, 0.1) is 18.3 Å². The van der Waals surface area contributed by atoms with Gasteiger partial charge in [-0.2, -0.15) is 0 Å². The summed E-state index contributed by atoms with van der Waals surface area (Å²) < 4.78 is 0. The summed E-state index contributed by atoms with van der Waals surface area (Å²) in [5.74, 6) is 3.29. The number of hydrogen-bond donors (Lipinski definition) is 1. The van der Waals surface area contributed by atoms with Crippen molar-refractivity contribution in [1.82, 2.24) is 15.2 Å². The van der Waals surface area contributed by atoms with Crippen molar-refractivity contribution in [1.29, 1.82) is 0 Å². The van der Waals surface area contributed by atoms with Crippen LogP contribution in [0.2, 0.25) is 0 Å². The molecule has 0 radical (unpaired) electrons. The molecule has 2 aromatic rings. The van der Waals surface area contributed by atoms with Crippen molar-refractivity contribution in [3.8, 4) is 12.3 Å². The lowest BCUT2D eigenvalue weighted by atomic mass is 9.96. The van der Waals surface area contributed by atoms with Crippen LogP contribution in [0.15, 0.2) is 30.5 Å². The number of benzene rings is 1. The second-order valence-corrected chi connectivity index (χ2v) is 6.56. The smallest absolute Gasteiger partial charge is 0.270 e. The summed E-state index contributed by atoms with van der Waals surface area (Å²) in [6.45, 7) is 3.30. The number of fused-ring (bicyclic) bond motifs is 3. The summed E-state index contributed by atoms with van der Waals surface area (Å²) in [7, 11) is 0. The van der Waals surface area contributed by atoms with E-state index >= 15 is 0 Å². The molecule has 1 N–H and O–H groups in total. The molecule has 23 heavy (non-hydrogen) atoms. The van der Waals surface area contributed by atoms with Gasteiger partial charge in [-0.1, -0.05) is 18.1 Å². The van der Waals surface area contributed by atoms with Crippen LogP contribution in [0.4, 0.5) is 0 Å². The van der Waals surface area contributed by atoms with Gasteiger partial charge in [-0.25, -0.2) is 0 Å². The molecule has 2 bridgehead atoms. The topological polar surface area (TPSA) is 45.2 Å². The normalized spacial score (nSPS) is 26.0. The van der Waals surface area contributed by atoms with Gasteiger partial charge in [-0.3, -0.25) is 9.78 Å². The van der Waals surface area contributed by atoms with Crippen LogP contribution in [-0.2, 0) is 0 Å². The maximum atomic E-state index is 12.5. The van der Waals surface area contributed by atoms with Crippen LogP contribution in [0.5, 0.6) is 0 Å². The lowest BCUT2D eigenvalue weighted by Gasteiger charge is -2.30. The van der Waals surface area contributed by atoms with E-state index in [1.807, 2.05) is 18.2 Å². The predicted molar refractivity (Wildman–Crippen MR) is 90.1 cm³/mol. The van der Waals surface area contributed by atoms with Gasteiger partial charge in [0.2, 0.25) is 0 Å². The molecular weight excluding hydrogens is 286 g/mol. The Hall–Kier alpha value is -2.38. The maximum Gasteiger partial charge on any atom is 0.270 e. The minimum atomic E-state index is -0.105. The molecule has 3 heterocycles. The molecule has 116 valence electrons. The molecule has 1 aromatic heterocycles. The average Bonchev–Trinajstić information content (AvgIpc) is 2.92. The molecule has 0 saturated carbocycles. The zero-order valence-electron chi connectivity index (χ0n) is 13.0. The highest BCUT2D eigenvalue weighted by atomic mass is 16.1. The lowest BCUT2D eigenvalue weighted by Crippen LogP contribution is -2.47. The van der Waals surface area contributed by atoms with Crippen LogP contribution < -0.4 is 5.32 Å². The van der Waals surface area contributed by atoms with E-state index in [9.17, 15) is 4.79 Å². The Morgan fingerprint density at radius 2 is 2.30 bits per heavy atom. The van der Waals surface area contributed by atoms with Gasteiger partial charge in [0.25, 0.3) is 5.91 Å². The van der Waals surface area contributed by atoms with E-state index in [0.29, 0.717) is 5.69 Å². The molecular formula is C19H19N3O. The highest BCUT2D eigenvalue weighted by molar-refractivity contribution is 5.98. The van der Waals surface area contributed by atoms with E-state index in [4.69, 9.17) is 6.42 Å². The van der Waals surface area contributed by atoms with E-state index in [0.717, 1.165) is 41.8 Å². The SMILES string of the molecule is C#Cc1cccc2cnc(C(=O)N[C@@H]3C[C@@H]4CCN(C4)C3)cc12. The summed E-state index contributed by atoms with van der Waals surface area (Å²) in [5.41, 5.74) is 1.23. The number of rotatable bonds is 2. The maximum absolute atomic E-state index is 12.5. The quantitative estimate of drug-likeness (QED) is 0.864. The first kappa shape index (κ1) is 14.2. The van der Waals surface area contributed by atoms with E-state index in [-0.39, 0.29) is 11.9 Å². The van der Waals surface area contributed by atoms with Crippen molar-refractivity contribution in [2.75, 3.05) is 19.6 Å². The first-order chi connectivity index (χ1) is 11.2. The van der Waals surface area contributed by atoms with Gasteiger partial charge in [0.15, 0.2) is 0 Å². The van der Waals surface area contributed by atoms with Gasteiger partial charge < -0.3 is 10.2 Å². The average molecular weight is 305 g/mol. The first-order valence-electron chi connectivity index (χ1n) is 8.11. The molecule has 4 heteroatoms. The van der Waals surface area contributed by atoms with Crippen molar-refractivity contribution in [3.63, 3.8) is 0 Å². The number of carbonyl (C=O) groups is 1. The zero-order valence-corrected chi connectivity index (χ0v) is 13.0. The fourth-order valence-corrected chi connectivity index (χ4v) is 3.84. The zero-order chi connectivity index (χ0) is 15.8. The minimum absolute atomic E-state index is 0.105.